The number of likely N-dealkylation sites (tertiary alicyclic amines) is 2. The molecular formula is C27H45ClN6O. The van der Waals surface area contributed by atoms with E-state index in [9.17, 15) is 4.79 Å². The SMILES string of the molecule is CCN=C(Cl)/C(C(=O)N1CCC2(CCN(CCC(C)(C)C)CC2)CC1)=C(\N)c1cnn(C(C)C)c1. The Balaban J connectivity index is 1.68. The minimum atomic E-state index is -0.125. The number of nitrogens with two attached hydrogens (primary N) is 1. The summed E-state index contributed by atoms with van der Waals surface area (Å²) in [7, 11) is 0. The van der Waals surface area contributed by atoms with Crippen molar-refractivity contribution < 1.29 is 4.79 Å². The van der Waals surface area contributed by atoms with Crippen molar-refractivity contribution in [3.8, 4) is 0 Å². The molecule has 196 valence electrons. The summed E-state index contributed by atoms with van der Waals surface area (Å²) >= 11 is 6.53. The molecule has 0 radical (unpaired) electrons. The molecule has 8 heteroatoms. The van der Waals surface area contributed by atoms with Crippen molar-refractivity contribution in [2.45, 2.75) is 79.7 Å². The number of hydrogen-bond donors (Lipinski definition) is 1. The number of hydrogen-bond acceptors (Lipinski definition) is 5. The monoisotopic (exact) mass is 504 g/mol. The van der Waals surface area contributed by atoms with Gasteiger partial charge in [-0.25, -0.2) is 0 Å². The van der Waals surface area contributed by atoms with E-state index in [-0.39, 0.29) is 17.1 Å². The number of halogens is 1. The number of amides is 1. The Morgan fingerprint density at radius 3 is 2.29 bits per heavy atom. The van der Waals surface area contributed by atoms with E-state index in [1.807, 2.05) is 36.5 Å². The van der Waals surface area contributed by atoms with Gasteiger partial charge in [0.1, 0.15) is 10.7 Å². The minimum absolute atomic E-state index is 0.125. The first-order valence-electron chi connectivity index (χ1n) is 13.2. The number of aromatic nitrogens is 2. The molecular weight excluding hydrogens is 460 g/mol. The molecule has 2 N–H and O–H groups in total. The topological polar surface area (TPSA) is 79.8 Å². The fourth-order valence-corrected chi connectivity index (χ4v) is 5.33. The molecule has 2 aliphatic heterocycles. The second-order valence-electron chi connectivity index (χ2n) is 11.8. The third-order valence-electron chi connectivity index (χ3n) is 7.63. The minimum Gasteiger partial charge on any atom is -0.397 e. The van der Waals surface area contributed by atoms with Crippen LogP contribution < -0.4 is 5.73 Å². The molecule has 2 saturated heterocycles. The second kappa shape index (κ2) is 11.5. The maximum Gasteiger partial charge on any atom is 0.259 e. The summed E-state index contributed by atoms with van der Waals surface area (Å²) in [5, 5.41) is 4.56. The van der Waals surface area contributed by atoms with Crippen molar-refractivity contribution >= 4 is 28.4 Å². The molecule has 1 aromatic rings. The molecule has 3 heterocycles. The van der Waals surface area contributed by atoms with E-state index in [0.29, 0.717) is 34.2 Å². The van der Waals surface area contributed by atoms with E-state index in [0.717, 1.165) is 39.0 Å². The van der Waals surface area contributed by atoms with Gasteiger partial charge >= 0.3 is 0 Å². The molecule has 2 fully saturated rings. The lowest BCUT2D eigenvalue weighted by atomic mass is 9.71. The highest BCUT2D eigenvalue weighted by Gasteiger charge is 2.39. The molecule has 3 rings (SSSR count). The van der Waals surface area contributed by atoms with Crippen molar-refractivity contribution in [1.29, 1.82) is 0 Å². The highest BCUT2D eigenvalue weighted by molar-refractivity contribution is 6.73. The van der Waals surface area contributed by atoms with Gasteiger partial charge in [0.15, 0.2) is 0 Å². The largest absolute Gasteiger partial charge is 0.397 e. The summed E-state index contributed by atoms with van der Waals surface area (Å²) in [5.74, 6) is -0.125. The van der Waals surface area contributed by atoms with E-state index in [1.165, 1.54) is 25.8 Å². The van der Waals surface area contributed by atoms with Crippen LogP contribution in [-0.2, 0) is 4.79 Å². The molecule has 7 nitrogen and oxygen atoms in total. The smallest absolute Gasteiger partial charge is 0.259 e. The fraction of sp³-hybridized carbons (Fsp3) is 0.741. The molecule has 0 saturated carbocycles. The second-order valence-corrected chi connectivity index (χ2v) is 12.2. The Bertz CT molecular complexity index is 924. The molecule has 1 spiro atoms. The summed E-state index contributed by atoms with van der Waals surface area (Å²) < 4.78 is 1.83. The van der Waals surface area contributed by atoms with Crippen LogP contribution in [0.5, 0.6) is 0 Å². The Labute approximate surface area is 216 Å². The first-order valence-corrected chi connectivity index (χ1v) is 13.6. The highest BCUT2D eigenvalue weighted by Crippen LogP contribution is 2.42. The van der Waals surface area contributed by atoms with Crippen LogP contribution in [-0.4, -0.2) is 69.9 Å². The van der Waals surface area contributed by atoms with Crippen LogP contribution in [0.3, 0.4) is 0 Å². The predicted octanol–water partition coefficient (Wildman–Crippen LogP) is 4.93. The molecule has 1 amide bonds. The summed E-state index contributed by atoms with van der Waals surface area (Å²) in [6.07, 6.45) is 9.29. The van der Waals surface area contributed by atoms with Gasteiger partial charge in [0.05, 0.1) is 11.9 Å². The van der Waals surface area contributed by atoms with E-state index in [2.05, 4.69) is 35.8 Å². The molecule has 0 atom stereocenters. The number of rotatable bonds is 7. The van der Waals surface area contributed by atoms with Gasteiger partial charge in [0.2, 0.25) is 0 Å². The third kappa shape index (κ3) is 7.10. The number of piperidine rings is 2. The maximum atomic E-state index is 13.7. The number of carbonyl (C=O) groups excluding carboxylic acids is 1. The Hall–Kier alpha value is -1.86. The van der Waals surface area contributed by atoms with Gasteiger partial charge in [-0.2, -0.15) is 5.10 Å². The van der Waals surface area contributed by atoms with Gasteiger partial charge in [0.25, 0.3) is 5.91 Å². The fourth-order valence-electron chi connectivity index (χ4n) is 5.02. The molecule has 2 aliphatic rings. The van der Waals surface area contributed by atoms with Crippen molar-refractivity contribution in [2.24, 2.45) is 21.6 Å². The van der Waals surface area contributed by atoms with Gasteiger partial charge in [0, 0.05) is 37.4 Å². The molecule has 0 bridgehead atoms. The normalized spacial score (nSPS) is 20.5. The van der Waals surface area contributed by atoms with Gasteiger partial charge in [-0.1, -0.05) is 32.4 Å². The predicted molar refractivity (Wildman–Crippen MR) is 146 cm³/mol. The summed E-state index contributed by atoms with van der Waals surface area (Å²) in [4.78, 5) is 22.5. The average Bonchev–Trinajstić information content (AvgIpc) is 3.30. The highest BCUT2D eigenvalue weighted by atomic mass is 35.5. The van der Waals surface area contributed by atoms with Gasteiger partial charge in [-0.05, 0) is 83.3 Å². The Morgan fingerprint density at radius 1 is 1.17 bits per heavy atom. The van der Waals surface area contributed by atoms with Crippen LogP contribution in [0.2, 0.25) is 0 Å². The van der Waals surface area contributed by atoms with Crippen molar-refractivity contribution in [1.82, 2.24) is 19.6 Å². The third-order valence-corrected chi connectivity index (χ3v) is 7.94. The van der Waals surface area contributed by atoms with Crippen LogP contribution >= 0.6 is 11.6 Å². The Kier molecular flexibility index (Phi) is 9.08. The lowest BCUT2D eigenvalue weighted by Gasteiger charge is -2.47. The first kappa shape index (κ1) is 27.7. The molecule has 0 aromatic carbocycles. The Morgan fingerprint density at radius 2 is 1.77 bits per heavy atom. The summed E-state index contributed by atoms with van der Waals surface area (Å²) in [6, 6.07) is 0.202. The number of carbonyl (C=O) groups is 1. The quantitative estimate of drug-likeness (QED) is 0.421. The van der Waals surface area contributed by atoms with Gasteiger partial charge < -0.3 is 15.5 Å². The number of aliphatic imine (C=N–C) groups is 1. The van der Waals surface area contributed by atoms with Crippen LogP contribution in [0.4, 0.5) is 0 Å². The summed E-state index contributed by atoms with van der Waals surface area (Å²) in [6.45, 7) is 18.4. The van der Waals surface area contributed by atoms with Crippen LogP contribution in [0.15, 0.2) is 23.0 Å². The zero-order chi connectivity index (χ0) is 25.8. The van der Waals surface area contributed by atoms with Crippen molar-refractivity contribution in [2.75, 3.05) is 39.3 Å². The average molecular weight is 505 g/mol. The van der Waals surface area contributed by atoms with Crippen molar-refractivity contribution in [3.63, 3.8) is 0 Å². The van der Waals surface area contributed by atoms with Crippen LogP contribution in [0.25, 0.3) is 5.70 Å². The summed E-state index contributed by atoms with van der Waals surface area (Å²) in [5.41, 5.74) is 8.58. The van der Waals surface area contributed by atoms with Crippen LogP contribution in [0, 0.1) is 10.8 Å². The van der Waals surface area contributed by atoms with Crippen LogP contribution in [0.1, 0.15) is 85.3 Å². The zero-order valence-electron chi connectivity index (χ0n) is 22.6. The number of nitrogens with zero attached hydrogens (tertiary/aromatic N) is 5. The zero-order valence-corrected chi connectivity index (χ0v) is 23.4. The van der Waals surface area contributed by atoms with E-state index in [1.54, 1.807) is 6.20 Å². The lowest BCUT2D eigenvalue weighted by molar-refractivity contribution is -0.129. The van der Waals surface area contributed by atoms with E-state index < -0.39 is 0 Å². The van der Waals surface area contributed by atoms with Gasteiger partial charge in [-0.15, -0.1) is 0 Å². The van der Waals surface area contributed by atoms with E-state index in [4.69, 9.17) is 17.3 Å². The van der Waals surface area contributed by atoms with Gasteiger partial charge in [-0.3, -0.25) is 14.5 Å². The standard InChI is InChI=1S/C27H45ClN6O/c1-7-30-24(28)22(23(29)21-18-31-34(19-21)20(2)3)25(35)33-16-11-27(12-17-33)9-14-32(15-10-27)13-8-26(4,5)6/h18-20H,7-17,29H2,1-6H3/b23-22+,30-24?. The molecule has 35 heavy (non-hydrogen) atoms. The molecule has 1 aromatic heterocycles. The maximum absolute atomic E-state index is 13.7. The van der Waals surface area contributed by atoms with E-state index >= 15 is 0 Å². The molecule has 0 unspecified atom stereocenters. The first-order chi connectivity index (χ1) is 16.4. The lowest BCUT2D eigenvalue weighted by Crippen LogP contribution is -2.49. The molecule has 0 aliphatic carbocycles. The van der Waals surface area contributed by atoms with Crippen molar-refractivity contribution in [3.05, 3.63) is 23.5 Å².